The third-order valence-corrected chi connectivity index (χ3v) is 7.51. The van der Waals surface area contributed by atoms with Crippen molar-refractivity contribution >= 4 is 81.7 Å². The van der Waals surface area contributed by atoms with E-state index in [0.717, 1.165) is 4.90 Å². The van der Waals surface area contributed by atoms with Crippen molar-refractivity contribution in [2.24, 2.45) is 0 Å². The summed E-state index contributed by atoms with van der Waals surface area (Å²) in [5.74, 6) is -0.989. The molecule has 40 heavy (non-hydrogen) atoms. The monoisotopic (exact) mass is 609 g/mol. The molecule has 4 rings (SSSR count). The number of carbonyl (C=O) groups is 3. The second kappa shape index (κ2) is 14.1. The molecule has 0 aromatic heterocycles. The summed E-state index contributed by atoms with van der Waals surface area (Å²) in [5, 5.41) is 9.46. The summed E-state index contributed by atoms with van der Waals surface area (Å²) in [4.78, 5) is 39.1. The number of nitrogens with one attached hydrogen (secondary N) is 3. The molecule has 0 radical (unpaired) electrons. The quantitative estimate of drug-likeness (QED) is 0.133. The highest BCUT2D eigenvalue weighted by atomic mass is 35.5. The van der Waals surface area contributed by atoms with E-state index >= 15 is 0 Å². The lowest BCUT2D eigenvalue weighted by Crippen LogP contribution is -2.30. The fourth-order valence-corrected chi connectivity index (χ4v) is 4.63. The van der Waals surface area contributed by atoms with Gasteiger partial charge in [0.25, 0.3) is 11.8 Å². The number of anilines is 2. The molecule has 6 nitrogen and oxygen atoms in total. The minimum Gasteiger partial charge on any atom is -0.325 e. The number of hydrogen-bond acceptors (Lipinski definition) is 4. The van der Waals surface area contributed by atoms with Crippen LogP contribution in [0.25, 0.3) is 6.08 Å². The van der Waals surface area contributed by atoms with E-state index < -0.39 is 11.8 Å². The fourth-order valence-electron chi connectivity index (χ4n) is 3.44. The van der Waals surface area contributed by atoms with Gasteiger partial charge in [0.2, 0.25) is 5.91 Å². The lowest BCUT2D eigenvalue weighted by atomic mass is 10.1. The number of carbonyl (C=O) groups excluding carboxylic acids is 3. The van der Waals surface area contributed by atoms with Crippen molar-refractivity contribution in [2.45, 2.75) is 4.90 Å². The molecule has 0 spiro atoms. The molecule has 3 N–H and O–H groups in total. The van der Waals surface area contributed by atoms with Crippen LogP contribution in [-0.2, 0) is 9.59 Å². The molecule has 0 atom stereocenters. The molecule has 0 bridgehead atoms. The maximum atomic E-state index is 13.2. The molecule has 4 aromatic carbocycles. The summed E-state index contributed by atoms with van der Waals surface area (Å²) >= 11 is 19.5. The van der Waals surface area contributed by atoms with E-state index in [0.29, 0.717) is 37.6 Å². The SMILES string of the molecule is O=C(CSc1ccc(NC(=O)/C(=C/c2ccccc2Cl)NC(=O)c2ccccc2)cc1)Nc1ccc(Cl)c(Cl)c1. The van der Waals surface area contributed by atoms with E-state index in [-0.39, 0.29) is 17.4 Å². The normalized spacial score (nSPS) is 11.0. The highest BCUT2D eigenvalue weighted by Crippen LogP contribution is 2.26. The third-order valence-electron chi connectivity index (χ3n) is 5.42. The molecular weight excluding hydrogens is 589 g/mol. The van der Waals surface area contributed by atoms with Gasteiger partial charge in [-0.2, -0.15) is 0 Å². The first-order valence-corrected chi connectivity index (χ1v) is 14.0. The summed E-state index contributed by atoms with van der Waals surface area (Å²) in [5.41, 5.74) is 2.07. The van der Waals surface area contributed by atoms with Crippen LogP contribution >= 0.6 is 46.6 Å². The number of benzene rings is 4. The van der Waals surface area contributed by atoms with Gasteiger partial charge < -0.3 is 16.0 Å². The van der Waals surface area contributed by atoms with Gasteiger partial charge >= 0.3 is 0 Å². The first-order chi connectivity index (χ1) is 19.3. The van der Waals surface area contributed by atoms with Crippen molar-refractivity contribution in [3.8, 4) is 0 Å². The first kappa shape index (κ1) is 29.2. The van der Waals surface area contributed by atoms with E-state index in [2.05, 4.69) is 16.0 Å². The summed E-state index contributed by atoms with van der Waals surface area (Å²) in [6.45, 7) is 0. The van der Waals surface area contributed by atoms with Crippen LogP contribution < -0.4 is 16.0 Å². The summed E-state index contributed by atoms with van der Waals surface area (Å²) < 4.78 is 0. The molecule has 4 aromatic rings. The zero-order valence-electron chi connectivity index (χ0n) is 20.8. The predicted octanol–water partition coefficient (Wildman–Crippen LogP) is 7.79. The molecular formula is C30H22Cl3N3O3S. The van der Waals surface area contributed by atoms with E-state index in [1.165, 1.54) is 17.8 Å². The first-order valence-electron chi connectivity index (χ1n) is 11.9. The summed E-state index contributed by atoms with van der Waals surface area (Å²) in [6, 6.07) is 27.5. The van der Waals surface area contributed by atoms with Crippen molar-refractivity contribution in [3.05, 3.63) is 129 Å². The van der Waals surface area contributed by atoms with Crippen molar-refractivity contribution in [1.29, 1.82) is 0 Å². The molecule has 202 valence electrons. The Morgan fingerprint density at radius 1 is 0.700 bits per heavy atom. The largest absolute Gasteiger partial charge is 0.325 e. The zero-order valence-corrected chi connectivity index (χ0v) is 23.9. The van der Waals surface area contributed by atoms with E-state index in [9.17, 15) is 14.4 Å². The highest BCUT2D eigenvalue weighted by Gasteiger charge is 2.16. The maximum Gasteiger partial charge on any atom is 0.272 e. The Labute approximate surface area is 250 Å². The third kappa shape index (κ3) is 8.37. The molecule has 10 heteroatoms. The number of rotatable bonds is 9. The van der Waals surface area contributed by atoms with Crippen LogP contribution in [0.1, 0.15) is 15.9 Å². The van der Waals surface area contributed by atoms with E-state index in [1.54, 1.807) is 97.1 Å². The average Bonchev–Trinajstić information content (AvgIpc) is 2.96. The van der Waals surface area contributed by atoms with Gasteiger partial charge in [-0.15, -0.1) is 11.8 Å². The Hall–Kier alpha value is -3.75. The van der Waals surface area contributed by atoms with Crippen molar-refractivity contribution in [3.63, 3.8) is 0 Å². The summed E-state index contributed by atoms with van der Waals surface area (Å²) in [6.07, 6.45) is 1.52. The molecule has 3 amide bonds. The van der Waals surface area contributed by atoms with Crippen LogP contribution in [0.3, 0.4) is 0 Å². The minimum atomic E-state index is -0.523. The molecule has 0 aliphatic carbocycles. The Morgan fingerprint density at radius 2 is 1.38 bits per heavy atom. The molecule has 0 unspecified atom stereocenters. The van der Waals surface area contributed by atoms with Crippen LogP contribution in [0.2, 0.25) is 15.1 Å². The van der Waals surface area contributed by atoms with Crippen LogP contribution in [0.4, 0.5) is 11.4 Å². The minimum absolute atomic E-state index is 0.0272. The van der Waals surface area contributed by atoms with Crippen LogP contribution in [-0.4, -0.2) is 23.5 Å². The molecule has 0 aliphatic heterocycles. The lowest BCUT2D eigenvalue weighted by Gasteiger charge is -2.12. The van der Waals surface area contributed by atoms with Gasteiger partial charge in [0.15, 0.2) is 0 Å². The standard InChI is InChI=1S/C30H22Cl3N3O3S/c31-24-9-5-4-8-20(24)16-27(36-29(38)19-6-2-1-3-7-19)30(39)35-21-10-13-23(14-11-21)40-18-28(37)34-22-12-15-25(32)26(33)17-22/h1-17H,18H2,(H,34,37)(H,35,39)(H,36,38)/b27-16-. The Balaban J connectivity index is 1.40. The number of halogens is 3. The second-order valence-electron chi connectivity index (χ2n) is 8.34. The topological polar surface area (TPSA) is 87.3 Å². The van der Waals surface area contributed by atoms with Crippen LogP contribution in [0.5, 0.6) is 0 Å². The van der Waals surface area contributed by atoms with Crippen LogP contribution in [0, 0.1) is 0 Å². The molecule has 0 fully saturated rings. The molecule has 0 heterocycles. The summed E-state index contributed by atoms with van der Waals surface area (Å²) in [7, 11) is 0. The van der Waals surface area contributed by atoms with Gasteiger partial charge in [-0.25, -0.2) is 0 Å². The van der Waals surface area contributed by atoms with Gasteiger partial charge in [-0.05, 0) is 72.3 Å². The molecule has 0 saturated carbocycles. The zero-order chi connectivity index (χ0) is 28.5. The van der Waals surface area contributed by atoms with Gasteiger partial charge in [-0.1, -0.05) is 71.2 Å². The van der Waals surface area contributed by atoms with Gasteiger partial charge in [0.05, 0.1) is 15.8 Å². The molecule has 0 aliphatic rings. The average molecular weight is 611 g/mol. The van der Waals surface area contributed by atoms with Gasteiger partial charge in [-0.3, -0.25) is 14.4 Å². The van der Waals surface area contributed by atoms with Crippen molar-refractivity contribution in [1.82, 2.24) is 5.32 Å². The Kier molecular flexibility index (Phi) is 10.3. The highest BCUT2D eigenvalue weighted by molar-refractivity contribution is 8.00. The van der Waals surface area contributed by atoms with E-state index in [1.807, 2.05) is 0 Å². The Morgan fingerprint density at radius 3 is 2.08 bits per heavy atom. The number of hydrogen-bond donors (Lipinski definition) is 3. The van der Waals surface area contributed by atoms with Crippen molar-refractivity contribution < 1.29 is 14.4 Å². The Bertz CT molecular complexity index is 1560. The van der Waals surface area contributed by atoms with E-state index in [4.69, 9.17) is 34.8 Å². The number of thioether (sulfide) groups is 1. The molecule has 0 saturated heterocycles. The van der Waals surface area contributed by atoms with Crippen molar-refractivity contribution in [2.75, 3.05) is 16.4 Å². The predicted molar refractivity (Wildman–Crippen MR) is 164 cm³/mol. The second-order valence-corrected chi connectivity index (χ2v) is 10.6. The number of amides is 3. The van der Waals surface area contributed by atoms with Gasteiger partial charge in [0, 0.05) is 26.9 Å². The maximum absolute atomic E-state index is 13.2. The van der Waals surface area contributed by atoms with Crippen LogP contribution in [0.15, 0.2) is 108 Å². The smallest absolute Gasteiger partial charge is 0.272 e. The lowest BCUT2D eigenvalue weighted by molar-refractivity contribution is -0.114. The fraction of sp³-hybridized carbons (Fsp3) is 0.0333. The van der Waals surface area contributed by atoms with Gasteiger partial charge in [0.1, 0.15) is 5.70 Å².